The standard InChI is InChI=1S/C10H10BrNO4/c1-16-9(14)5-12-10(15)7-3-2-6(11)4-8(7)13/h2-4,13H,5H2,1H3,(H,12,15). The maximum absolute atomic E-state index is 11.5. The Kier molecular flexibility index (Phi) is 4.30. The first-order valence-corrected chi connectivity index (χ1v) is 5.17. The van der Waals surface area contributed by atoms with Crippen molar-refractivity contribution >= 4 is 27.8 Å². The lowest BCUT2D eigenvalue weighted by molar-refractivity contribution is -0.139. The number of carbonyl (C=O) groups is 2. The van der Waals surface area contributed by atoms with Gasteiger partial charge in [-0.15, -0.1) is 0 Å². The van der Waals surface area contributed by atoms with E-state index in [0.717, 1.165) is 0 Å². The van der Waals surface area contributed by atoms with Crippen LogP contribution in [0.15, 0.2) is 22.7 Å². The molecule has 0 saturated heterocycles. The zero-order valence-corrected chi connectivity index (χ0v) is 10.1. The molecule has 0 saturated carbocycles. The van der Waals surface area contributed by atoms with Crippen LogP contribution in [0.4, 0.5) is 0 Å². The minimum atomic E-state index is -0.551. The van der Waals surface area contributed by atoms with Crippen LogP contribution in [0.3, 0.4) is 0 Å². The Morgan fingerprint density at radius 3 is 2.75 bits per heavy atom. The van der Waals surface area contributed by atoms with Gasteiger partial charge in [-0.1, -0.05) is 15.9 Å². The normalized spacial score (nSPS) is 9.62. The first-order valence-electron chi connectivity index (χ1n) is 4.38. The van der Waals surface area contributed by atoms with Gasteiger partial charge in [0.25, 0.3) is 5.91 Å². The van der Waals surface area contributed by atoms with Crippen LogP contribution in [0.2, 0.25) is 0 Å². The van der Waals surface area contributed by atoms with Gasteiger partial charge < -0.3 is 15.2 Å². The number of aromatic hydroxyl groups is 1. The second-order valence-electron chi connectivity index (χ2n) is 2.92. The van der Waals surface area contributed by atoms with E-state index in [4.69, 9.17) is 0 Å². The number of nitrogens with one attached hydrogen (secondary N) is 1. The van der Waals surface area contributed by atoms with Gasteiger partial charge in [-0.25, -0.2) is 0 Å². The van der Waals surface area contributed by atoms with E-state index in [1.165, 1.54) is 19.2 Å². The molecule has 1 aromatic carbocycles. The molecule has 0 radical (unpaired) electrons. The molecule has 0 aromatic heterocycles. The van der Waals surface area contributed by atoms with Gasteiger partial charge in [0.1, 0.15) is 12.3 Å². The van der Waals surface area contributed by atoms with Crippen LogP contribution in [-0.2, 0) is 9.53 Å². The highest BCUT2D eigenvalue weighted by Gasteiger charge is 2.12. The third kappa shape index (κ3) is 3.23. The van der Waals surface area contributed by atoms with Crippen LogP contribution in [-0.4, -0.2) is 30.6 Å². The Labute approximate surface area is 101 Å². The van der Waals surface area contributed by atoms with Crippen molar-refractivity contribution in [1.29, 1.82) is 0 Å². The number of phenols is 1. The van der Waals surface area contributed by atoms with Gasteiger partial charge in [0.2, 0.25) is 0 Å². The topological polar surface area (TPSA) is 75.6 Å². The summed E-state index contributed by atoms with van der Waals surface area (Å²) in [5, 5.41) is 11.8. The fourth-order valence-corrected chi connectivity index (χ4v) is 1.37. The maximum Gasteiger partial charge on any atom is 0.325 e. The Bertz CT molecular complexity index is 419. The summed E-state index contributed by atoms with van der Waals surface area (Å²) in [5.41, 5.74) is 0.104. The minimum Gasteiger partial charge on any atom is -0.507 e. The average molecular weight is 288 g/mol. The van der Waals surface area contributed by atoms with Crippen LogP contribution < -0.4 is 5.32 Å². The van der Waals surface area contributed by atoms with Crippen molar-refractivity contribution in [2.45, 2.75) is 0 Å². The molecule has 5 nitrogen and oxygen atoms in total. The van der Waals surface area contributed by atoms with Gasteiger partial charge in [-0.2, -0.15) is 0 Å². The summed E-state index contributed by atoms with van der Waals surface area (Å²) in [4.78, 5) is 22.3. The largest absolute Gasteiger partial charge is 0.507 e. The average Bonchev–Trinajstić information content (AvgIpc) is 2.25. The second-order valence-corrected chi connectivity index (χ2v) is 3.84. The molecule has 86 valence electrons. The van der Waals surface area contributed by atoms with Crippen molar-refractivity contribution < 1.29 is 19.4 Å². The number of hydrogen-bond donors (Lipinski definition) is 2. The number of esters is 1. The lowest BCUT2D eigenvalue weighted by atomic mass is 10.2. The predicted molar refractivity (Wildman–Crippen MR) is 60.2 cm³/mol. The number of methoxy groups -OCH3 is 1. The smallest absolute Gasteiger partial charge is 0.325 e. The number of benzene rings is 1. The van der Waals surface area contributed by atoms with Crippen molar-refractivity contribution in [3.8, 4) is 5.75 Å². The molecule has 0 unspecified atom stereocenters. The molecule has 1 amide bonds. The molecule has 0 aliphatic rings. The van der Waals surface area contributed by atoms with Crippen molar-refractivity contribution in [1.82, 2.24) is 5.32 Å². The number of hydrogen-bond acceptors (Lipinski definition) is 4. The Morgan fingerprint density at radius 2 is 2.19 bits per heavy atom. The van der Waals surface area contributed by atoms with Gasteiger partial charge in [0.15, 0.2) is 0 Å². The lowest BCUT2D eigenvalue weighted by Crippen LogP contribution is -2.30. The lowest BCUT2D eigenvalue weighted by Gasteiger charge is -2.05. The molecule has 6 heteroatoms. The molecule has 0 aliphatic carbocycles. The highest BCUT2D eigenvalue weighted by Crippen LogP contribution is 2.21. The van der Waals surface area contributed by atoms with Crippen LogP contribution in [0.5, 0.6) is 5.75 Å². The van der Waals surface area contributed by atoms with E-state index >= 15 is 0 Å². The molecule has 0 heterocycles. The highest BCUT2D eigenvalue weighted by atomic mass is 79.9. The Morgan fingerprint density at radius 1 is 1.50 bits per heavy atom. The molecular formula is C10H10BrNO4. The van der Waals surface area contributed by atoms with Crippen LogP contribution >= 0.6 is 15.9 Å². The van der Waals surface area contributed by atoms with Crippen LogP contribution in [0.1, 0.15) is 10.4 Å². The van der Waals surface area contributed by atoms with Gasteiger partial charge in [0.05, 0.1) is 12.7 Å². The summed E-state index contributed by atoms with van der Waals surface area (Å²) in [6.07, 6.45) is 0. The number of rotatable bonds is 3. The maximum atomic E-state index is 11.5. The van der Waals surface area contributed by atoms with Crippen molar-refractivity contribution in [2.75, 3.05) is 13.7 Å². The first kappa shape index (κ1) is 12.5. The number of halogens is 1. The molecule has 1 aromatic rings. The predicted octanol–water partition coefficient (Wildman–Crippen LogP) is 1.06. The molecule has 0 aliphatic heterocycles. The summed E-state index contributed by atoms with van der Waals surface area (Å²) in [5.74, 6) is -1.24. The SMILES string of the molecule is COC(=O)CNC(=O)c1ccc(Br)cc1O. The molecule has 1 rings (SSSR count). The van der Waals surface area contributed by atoms with Crippen molar-refractivity contribution in [3.05, 3.63) is 28.2 Å². The zero-order chi connectivity index (χ0) is 12.1. The Balaban J connectivity index is 2.70. The minimum absolute atomic E-state index is 0.104. The van der Waals surface area contributed by atoms with E-state index in [1.807, 2.05) is 0 Å². The molecule has 0 spiro atoms. The third-order valence-corrected chi connectivity index (χ3v) is 2.32. The highest BCUT2D eigenvalue weighted by molar-refractivity contribution is 9.10. The number of carbonyl (C=O) groups excluding carboxylic acids is 2. The van der Waals surface area contributed by atoms with Crippen LogP contribution in [0.25, 0.3) is 0 Å². The van der Waals surface area contributed by atoms with Gasteiger partial charge in [-0.3, -0.25) is 9.59 Å². The van der Waals surface area contributed by atoms with Gasteiger partial charge in [-0.05, 0) is 18.2 Å². The number of amides is 1. The van der Waals surface area contributed by atoms with Gasteiger partial charge in [0, 0.05) is 4.47 Å². The second kappa shape index (κ2) is 5.50. The Hall–Kier alpha value is -1.56. The van der Waals surface area contributed by atoms with E-state index in [0.29, 0.717) is 4.47 Å². The quantitative estimate of drug-likeness (QED) is 0.815. The molecule has 0 bridgehead atoms. The third-order valence-electron chi connectivity index (χ3n) is 1.83. The summed E-state index contributed by atoms with van der Waals surface area (Å²) in [7, 11) is 1.23. The van der Waals surface area contributed by atoms with Crippen LogP contribution in [0, 0.1) is 0 Å². The molecule has 0 atom stereocenters. The van der Waals surface area contributed by atoms with E-state index in [1.54, 1.807) is 6.07 Å². The van der Waals surface area contributed by atoms with E-state index in [-0.39, 0.29) is 17.9 Å². The van der Waals surface area contributed by atoms with E-state index < -0.39 is 11.9 Å². The number of phenolic OH excluding ortho intramolecular Hbond substituents is 1. The number of ether oxygens (including phenoxy) is 1. The summed E-state index contributed by atoms with van der Waals surface area (Å²) < 4.78 is 5.02. The first-order chi connectivity index (χ1) is 7.54. The van der Waals surface area contributed by atoms with E-state index in [9.17, 15) is 14.7 Å². The van der Waals surface area contributed by atoms with Crippen molar-refractivity contribution in [2.24, 2.45) is 0 Å². The van der Waals surface area contributed by atoms with E-state index in [2.05, 4.69) is 26.0 Å². The summed E-state index contributed by atoms with van der Waals surface area (Å²) in [6, 6.07) is 4.46. The molecule has 16 heavy (non-hydrogen) atoms. The summed E-state index contributed by atoms with van der Waals surface area (Å²) >= 11 is 3.15. The summed E-state index contributed by atoms with van der Waals surface area (Å²) in [6.45, 7) is -0.231. The fourth-order valence-electron chi connectivity index (χ4n) is 1.02. The molecule has 2 N–H and O–H groups in total. The molecular weight excluding hydrogens is 278 g/mol. The van der Waals surface area contributed by atoms with Gasteiger partial charge >= 0.3 is 5.97 Å². The zero-order valence-electron chi connectivity index (χ0n) is 8.49. The monoisotopic (exact) mass is 287 g/mol. The van der Waals surface area contributed by atoms with Crippen molar-refractivity contribution in [3.63, 3.8) is 0 Å². The fraction of sp³-hybridized carbons (Fsp3) is 0.200. The molecule has 0 fully saturated rings.